The molecule has 2 aromatic carbocycles. The van der Waals surface area contributed by atoms with Gasteiger partial charge < -0.3 is 14.4 Å². The van der Waals surface area contributed by atoms with Gasteiger partial charge in [-0.1, -0.05) is 22.9 Å². The van der Waals surface area contributed by atoms with E-state index in [0.29, 0.717) is 22.0 Å². The molecule has 9 nitrogen and oxygen atoms in total. The number of aromatic nitrogens is 3. The SMILES string of the molecule is COc1ccc2nc(NS(=O)(=O)c3c([O-])on[n+]3-c3ccc(Cl)cc3)sc2c1. The zero-order valence-corrected chi connectivity index (χ0v) is 16.5. The fourth-order valence-electron chi connectivity index (χ4n) is 2.45. The quantitative estimate of drug-likeness (QED) is 0.473. The summed E-state index contributed by atoms with van der Waals surface area (Å²) in [5.41, 5.74) is 0.881. The summed E-state index contributed by atoms with van der Waals surface area (Å²) in [6.07, 6.45) is 0. The first-order valence-electron chi connectivity index (χ1n) is 7.70. The molecule has 0 fully saturated rings. The van der Waals surface area contributed by atoms with Gasteiger partial charge in [0.05, 0.1) is 22.6 Å². The van der Waals surface area contributed by atoms with Crippen LogP contribution in [0.25, 0.3) is 15.9 Å². The minimum atomic E-state index is -4.33. The predicted molar refractivity (Wildman–Crippen MR) is 99.5 cm³/mol. The number of halogens is 1. The molecule has 0 saturated carbocycles. The van der Waals surface area contributed by atoms with Crippen molar-refractivity contribution < 1.29 is 27.5 Å². The van der Waals surface area contributed by atoms with Crippen LogP contribution in [0.1, 0.15) is 0 Å². The molecular formula is C16H11ClN4O5S2. The number of rotatable bonds is 5. The summed E-state index contributed by atoms with van der Waals surface area (Å²) >= 11 is 6.94. The molecule has 1 N–H and O–H groups in total. The number of anilines is 1. The molecule has 0 bridgehead atoms. The Balaban J connectivity index is 1.73. The van der Waals surface area contributed by atoms with Crippen LogP contribution in [0.3, 0.4) is 0 Å². The summed E-state index contributed by atoms with van der Waals surface area (Å²) in [4.78, 5) is 4.22. The van der Waals surface area contributed by atoms with Crippen LogP contribution in [-0.2, 0) is 10.0 Å². The predicted octanol–water partition coefficient (Wildman–Crippen LogP) is 2.10. The van der Waals surface area contributed by atoms with Crippen molar-refractivity contribution in [2.24, 2.45) is 0 Å². The summed E-state index contributed by atoms with van der Waals surface area (Å²) in [5, 5.41) is 15.4. The molecule has 0 radical (unpaired) electrons. The van der Waals surface area contributed by atoms with E-state index >= 15 is 0 Å². The standard InChI is InChI=1S/C16H11ClN4O5S2/c1-25-11-6-7-12-13(8-11)27-16(18-12)19-28(23,24)14-15(22)26-20-21(14)10-4-2-9(17)3-5-10/h2-8H,1H3,(H-,18,19,20,22). The van der Waals surface area contributed by atoms with Crippen LogP contribution in [-0.4, -0.2) is 25.8 Å². The van der Waals surface area contributed by atoms with Crippen LogP contribution in [0.2, 0.25) is 5.02 Å². The van der Waals surface area contributed by atoms with Crippen LogP contribution in [0.15, 0.2) is 52.0 Å². The first-order valence-corrected chi connectivity index (χ1v) is 10.4. The van der Waals surface area contributed by atoms with E-state index in [0.717, 1.165) is 20.7 Å². The highest BCUT2D eigenvalue weighted by Gasteiger charge is 2.34. The molecule has 0 aliphatic heterocycles. The van der Waals surface area contributed by atoms with E-state index < -0.39 is 21.0 Å². The van der Waals surface area contributed by atoms with Crippen LogP contribution in [0.4, 0.5) is 5.13 Å². The van der Waals surface area contributed by atoms with Crippen molar-refractivity contribution in [2.45, 2.75) is 5.03 Å². The molecule has 0 aliphatic carbocycles. The zero-order valence-electron chi connectivity index (χ0n) is 14.1. The summed E-state index contributed by atoms with van der Waals surface area (Å²) in [6.45, 7) is 0. The van der Waals surface area contributed by atoms with E-state index in [9.17, 15) is 13.5 Å². The maximum Gasteiger partial charge on any atom is 0.373 e. The highest BCUT2D eigenvalue weighted by molar-refractivity contribution is 7.92. The lowest BCUT2D eigenvalue weighted by molar-refractivity contribution is -0.706. The average Bonchev–Trinajstić information content (AvgIpc) is 3.24. The number of thiazole rings is 1. The van der Waals surface area contributed by atoms with Gasteiger partial charge in [-0.25, -0.2) is 9.71 Å². The molecule has 0 amide bonds. The molecule has 2 aromatic heterocycles. The fourth-order valence-corrected chi connectivity index (χ4v) is 4.81. The number of hydrogen-bond acceptors (Lipinski definition) is 8. The van der Waals surface area contributed by atoms with Crippen molar-refractivity contribution in [1.82, 2.24) is 10.3 Å². The van der Waals surface area contributed by atoms with Crippen molar-refractivity contribution in [3.63, 3.8) is 0 Å². The average molecular weight is 439 g/mol. The van der Waals surface area contributed by atoms with E-state index in [1.54, 1.807) is 18.2 Å². The van der Waals surface area contributed by atoms with Crippen molar-refractivity contribution >= 4 is 48.3 Å². The Hall–Kier alpha value is -2.89. The summed E-state index contributed by atoms with van der Waals surface area (Å²) in [6, 6.07) is 11.2. The molecule has 0 atom stereocenters. The Bertz CT molecular complexity index is 1270. The molecule has 144 valence electrons. The second-order valence-corrected chi connectivity index (χ2v) is 8.58. The van der Waals surface area contributed by atoms with Gasteiger partial charge in [-0.3, -0.25) is 0 Å². The van der Waals surface area contributed by atoms with E-state index in [-0.39, 0.29) is 5.13 Å². The molecule has 0 aliphatic rings. The van der Waals surface area contributed by atoms with E-state index in [2.05, 4.69) is 19.5 Å². The van der Waals surface area contributed by atoms with Gasteiger partial charge in [0, 0.05) is 17.2 Å². The number of methoxy groups -OCH3 is 1. The lowest BCUT2D eigenvalue weighted by Crippen LogP contribution is -2.40. The number of nitrogens with one attached hydrogen (secondary N) is 1. The van der Waals surface area contributed by atoms with Gasteiger partial charge in [0.15, 0.2) is 11.1 Å². The first kappa shape index (κ1) is 18.5. The maximum absolute atomic E-state index is 12.8. The lowest BCUT2D eigenvalue weighted by atomic mass is 10.3. The number of ether oxygens (including phenoxy) is 1. The zero-order chi connectivity index (χ0) is 19.9. The molecule has 0 unspecified atom stereocenters. The third-order valence-corrected chi connectivity index (χ3v) is 6.34. The van der Waals surface area contributed by atoms with Crippen LogP contribution >= 0.6 is 22.9 Å². The van der Waals surface area contributed by atoms with E-state index in [1.165, 1.54) is 31.4 Å². The molecule has 12 heteroatoms. The monoisotopic (exact) mass is 438 g/mol. The van der Waals surface area contributed by atoms with Crippen LogP contribution in [0, 0.1) is 0 Å². The second kappa shape index (κ2) is 6.93. The number of benzene rings is 2. The highest BCUT2D eigenvalue weighted by Crippen LogP contribution is 2.31. The van der Waals surface area contributed by atoms with Gasteiger partial charge in [0.1, 0.15) is 5.75 Å². The number of nitrogens with zero attached hydrogens (tertiary/aromatic N) is 3. The van der Waals surface area contributed by atoms with E-state index in [4.69, 9.17) is 16.3 Å². The van der Waals surface area contributed by atoms with Crippen molar-refractivity contribution in [3.05, 3.63) is 47.5 Å². The summed E-state index contributed by atoms with van der Waals surface area (Å²) in [5.74, 6) is -0.489. The minimum absolute atomic E-state index is 0.0894. The topological polar surface area (TPSA) is 121 Å². The highest BCUT2D eigenvalue weighted by atomic mass is 35.5. The molecule has 2 heterocycles. The third-order valence-electron chi connectivity index (χ3n) is 3.72. The van der Waals surface area contributed by atoms with Crippen molar-refractivity contribution in [3.8, 4) is 17.4 Å². The summed E-state index contributed by atoms with van der Waals surface area (Å²) < 4.78 is 39.3. The smallest absolute Gasteiger partial charge is 0.373 e. The van der Waals surface area contributed by atoms with Gasteiger partial charge in [-0.15, -0.1) is 0 Å². The Morgan fingerprint density at radius 1 is 1.25 bits per heavy atom. The minimum Gasteiger partial charge on any atom is -0.538 e. The third kappa shape index (κ3) is 3.35. The molecule has 4 rings (SSSR count). The molecule has 0 spiro atoms. The van der Waals surface area contributed by atoms with Crippen molar-refractivity contribution in [2.75, 3.05) is 11.8 Å². The second-order valence-electron chi connectivity index (χ2n) is 5.51. The molecular weight excluding hydrogens is 428 g/mol. The maximum atomic E-state index is 12.8. The Kier molecular flexibility index (Phi) is 4.57. The van der Waals surface area contributed by atoms with Crippen molar-refractivity contribution in [1.29, 1.82) is 0 Å². The van der Waals surface area contributed by atoms with Crippen LogP contribution in [0.5, 0.6) is 11.7 Å². The number of sulfonamides is 1. The van der Waals surface area contributed by atoms with Gasteiger partial charge in [0.2, 0.25) is 5.69 Å². The molecule has 0 saturated heterocycles. The first-order chi connectivity index (χ1) is 13.4. The van der Waals surface area contributed by atoms with Gasteiger partial charge in [-0.05, 0) is 35.0 Å². The normalized spacial score (nSPS) is 11.6. The lowest BCUT2D eigenvalue weighted by Gasteiger charge is -2.02. The number of fused-ring (bicyclic) bond motifs is 1. The number of hydrogen-bond donors (Lipinski definition) is 1. The Labute approximate surface area is 167 Å². The summed E-state index contributed by atoms with van der Waals surface area (Å²) in [7, 11) is -2.79. The van der Waals surface area contributed by atoms with Crippen LogP contribution < -0.4 is 19.2 Å². The largest absolute Gasteiger partial charge is 0.538 e. The molecule has 4 aromatic rings. The molecule has 28 heavy (non-hydrogen) atoms. The van der Waals surface area contributed by atoms with Gasteiger partial charge in [0.25, 0.3) is 0 Å². The van der Waals surface area contributed by atoms with Gasteiger partial charge in [-0.2, -0.15) is 8.42 Å². The Morgan fingerprint density at radius 3 is 2.71 bits per heavy atom. The fraction of sp³-hybridized carbons (Fsp3) is 0.0625. The van der Waals surface area contributed by atoms with E-state index in [1.807, 2.05) is 0 Å². The Morgan fingerprint density at radius 2 is 2.00 bits per heavy atom. The van der Waals surface area contributed by atoms with Gasteiger partial charge >= 0.3 is 15.0 Å².